The molecular formula is C24H32Cl2O2SiZr-4. The van der Waals surface area contributed by atoms with Gasteiger partial charge in [0.15, 0.2) is 0 Å². The third-order valence-corrected chi connectivity index (χ3v) is 4.43. The molecule has 2 aliphatic rings. The fourth-order valence-electron chi connectivity index (χ4n) is 2.63. The zero-order valence-electron chi connectivity index (χ0n) is 18.6. The number of allylic oxidation sites excluding steroid dienone is 8. The Bertz CT molecular complexity index is 764. The van der Waals surface area contributed by atoms with Gasteiger partial charge in [0.1, 0.15) is 0 Å². The average Bonchev–Trinajstić information content (AvgIpc) is 3.42. The molecule has 166 valence electrons. The molecule has 2 aromatic rings. The Morgan fingerprint density at radius 2 is 1.10 bits per heavy atom. The van der Waals surface area contributed by atoms with Gasteiger partial charge in [-0.05, 0) is 12.1 Å². The summed E-state index contributed by atoms with van der Waals surface area (Å²) < 4.78 is 10.5. The predicted molar refractivity (Wildman–Crippen MR) is 132 cm³/mol. The van der Waals surface area contributed by atoms with Crippen molar-refractivity contribution < 1.29 is 32.2 Å². The van der Waals surface area contributed by atoms with E-state index in [1.807, 2.05) is 31.1 Å². The van der Waals surface area contributed by atoms with Gasteiger partial charge in [-0.25, -0.2) is 0 Å². The van der Waals surface area contributed by atoms with Gasteiger partial charge in [-0.15, -0.1) is 36.0 Å². The summed E-state index contributed by atoms with van der Waals surface area (Å²) in [4.78, 5) is 0. The molecule has 0 bridgehead atoms. The predicted octanol–water partition coefficient (Wildman–Crippen LogP) is 6.95. The summed E-state index contributed by atoms with van der Waals surface area (Å²) in [5.74, 6) is 2.70. The average molecular weight is 543 g/mol. The van der Waals surface area contributed by atoms with E-state index in [0.29, 0.717) is 11.8 Å². The molecular weight excluding hydrogens is 510 g/mol. The van der Waals surface area contributed by atoms with Crippen molar-refractivity contribution in [2.45, 2.75) is 27.7 Å². The maximum absolute atomic E-state index is 5.27. The van der Waals surface area contributed by atoms with Gasteiger partial charge in [-0.3, -0.25) is 0 Å². The second-order valence-electron chi connectivity index (χ2n) is 6.29. The van der Waals surface area contributed by atoms with Crippen LogP contribution in [0.1, 0.15) is 39.2 Å². The molecule has 0 radical (unpaired) electrons. The van der Waals surface area contributed by atoms with Crippen LogP contribution in [-0.4, -0.2) is 6.88 Å². The molecule has 0 N–H and O–H groups in total. The van der Waals surface area contributed by atoms with E-state index in [0.717, 1.165) is 22.7 Å². The number of hydrogen-bond acceptors (Lipinski definition) is 2. The molecule has 2 atom stereocenters. The summed E-state index contributed by atoms with van der Waals surface area (Å²) in [7, 11) is 0. The van der Waals surface area contributed by atoms with E-state index in [-0.39, 0.29) is 39.7 Å². The van der Waals surface area contributed by atoms with Crippen LogP contribution in [0.3, 0.4) is 0 Å². The molecule has 0 amide bonds. The van der Waals surface area contributed by atoms with Crippen LogP contribution in [-0.2, 0) is 23.3 Å². The first-order valence-electron chi connectivity index (χ1n) is 8.61. The van der Waals surface area contributed by atoms with Crippen molar-refractivity contribution in [3.63, 3.8) is 0 Å². The SMILES string of the molecule is CC1=CC(c2ccco2)=[C-]C1C.CC1=CC(c2ccco2)=[C-]C1C.Cl.Cl.[CH3-].[CH3-].[SiH2]=[Zr]. The molecule has 0 aliphatic heterocycles. The maximum atomic E-state index is 5.27. The Morgan fingerprint density at radius 3 is 1.30 bits per heavy atom. The first-order chi connectivity index (χ1) is 12.5. The van der Waals surface area contributed by atoms with E-state index in [4.69, 9.17) is 8.83 Å². The van der Waals surface area contributed by atoms with Crippen molar-refractivity contribution in [3.8, 4) is 0 Å². The minimum atomic E-state index is 0. The Kier molecular flexibility index (Phi) is 19.0. The van der Waals surface area contributed by atoms with Gasteiger partial charge in [0.05, 0.1) is 12.5 Å². The van der Waals surface area contributed by atoms with Gasteiger partial charge in [-0.1, -0.05) is 51.7 Å². The van der Waals surface area contributed by atoms with Crippen molar-refractivity contribution in [2.75, 3.05) is 0 Å². The van der Waals surface area contributed by atoms with Crippen LogP contribution < -0.4 is 0 Å². The summed E-state index contributed by atoms with van der Waals surface area (Å²) >= 11 is 1.58. The van der Waals surface area contributed by atoms with Crippen LogP contribution in [0.5, 0.6) is 0 Å². The van der Waals surface area contributed by atoms with Gasteiger partial charge in [0, 0.05) is 11.5 Å². The summed E-state index contributed by atoms with van der Waals surface area (Å²) in [6.07, 6.45) is 14.3. The van der Waals surface area contributed by atoms with Crippen molar-refractivity contribution >= 4 is 42.8 Å². The van der Waals surface area contributed by atoms with Crippen molar-refractivity contribution in [1.29, 1.82) is 0 Å². The standard InChI is InChI=1S/2C11H11O.2CH3.2ClH.H2Si.Zr/c2*1-8-6-10(7-9(8)2)11-4-3-5-12-11;;;;;;/h2*3-6,9H,1-2H3;2*1H3;2*1H;1H2;/q4*-1;;;;. The molecule has 0 spiro atoms. The van der Waals surface area contributed by atoms with Crippen LogP contribution >= 0.6 is 24.8 Å². The number of halogens is 2. The van der Waals surface area contributed by atoms with Crippen molar-refractivity contribution in [3.05, 3.63) is 98.6 Å². The minimum absolute atomic E-state index is 0. The fraction of sp³-hybridized carbons (Fsp3) is 0.250. The Labute approximate surface area is 212 Å². The molecule has 0 saturated carbocycles. The number of hydrogen-bond donors (Lipinski definition) is 0. The molecule has 2 aliphatic carbocycles. The summed E-state index contributed by atoms with van der Waals surface area (Å²) in [6, 6.07) is 7.72. The summed E-state index contributed by atoms with van der Waals surface area (Å²) in [6.45, 7) is 10.5. The van der Waals surface area contributed by atoms with Gasteiger partial charge >= 0.3 is 30.2 Å². The zero-order valence-corrected chi connectivity index (χ0v) is 24.1. The molecule has 0 saturated heterocycles. The van der Waals surface area contributed by atoms with Gasteiger partial charge in [0.25, 0.3) is 0 Å². The van der Waals surface area contributed by atoms with E-state index in [2.05, 4.69) is 52.0 Å². The van der Waals surface area contributed by atoms with E-state index >= 15 is 0 Å². The normalized spacial score (nSPS) is 18.0. The third-order valence-electron chi connectivity index (χ3n) is 4.43. The third kappa shape index (κ3) is 9.14. The van der Waals surface area contributed by atoms with Crippen LogP contribution in [0.2, 0.25) is 0 Å². The van der Waals surface area contributed by atoms with E-state index in [1.165, 1.54) is 11.1 Å². The van der Waals surface area contributed by atoms with Crippen LogP contribution in [0.15, 0.2) is 68.9 Å². The molecule has 30 heavy (non-hydrogen) atoms. The Hall–Kier alpha value is -0.800. The van der Waals surface area contributed by atoms with Gasteiger partial charge in [0.2, 0.25) is 0 Å². The van der Waals surface area contributed by atoms with Crippen LogP contribution in [0.25, 0.3) is 11.1 Å². The summed E-state index contributed by atoms with van der Waals surface area (Å²) in [5, 5.41) is 0. The quantitative estimate of drug-likeness (QED) is 0.303. The summed E-state index contributed by atoms with van der Waals surface area (Å²) in [5.41, 5.74) is 4.87. The molecule has 6 heteroatoms. The molecule has 4 rings (SSSR count). The molecule has 2 heterocycles. The molecule has 2 nitrogen and oxygen atoms in total. The topological polar surface area (TPSA) is 26.3 Å². The van der Waals surface area contributed by atoms with Crippen molar-refractivity contribution in [2.24, 2.45) is 11.8 Å². The first kappa shape index (κ1) is 33.8. The molecule has 0 fully saturated rings. The molecule has 2 unspecified atom stereocenters. The first-order valence-corrected chi connectivity index (χ1v) is 14.5. The number of furan rings is 2. The fourth-order valence-corrected chi connectivity index (χ4v) is 2.63. The van der Waals surface area contributed by atoms with E-state index in [1.54, 1.807) is 35.9 Å². The monoisotopic (exact) mass is 540 g/mol. The van der Waals surface area contributed by atoms with E-state index in [9.17, 15) is 0 Å². The molecule has 2 aromatic heterocycles. The van der Waals surface area contributed by atoms with Gasteiger partial charge in [-0.2, -0.15) is 35.5 Å². The zero-order chi connectivity index (χ0) is 19.1. The second kappa shape index (κ2) is 16.8. The van der Waals surface area contributed by atoms with Crippen LogP contribution in [0, 0.1) is 38.8 Å². The van der Waals surface area contributed by atoms with Gasteiger partial charge < -0.3 is 23.7 Å². The van der Waals surface area contributed by atoms with Crippen LogP contribution in [0.4, 0.5) is 0 Å². The van der Waals surface area contributed by atoms with Crippen molar-refractivity contribution in [1.82, 2.24) is 0 Å². The van der Waals surface area contributed by atoms with E-state index < -0.39 is 0 Å². The molecule has 0 aromatic carbocycles. The Morgan fingerprint density at radius 1 is 0.767 bits per heavy atom. The number of rotatable bonds is 2. The second-order valence-corrected chi connectivity index (χ2v) is 6.29. The Balaban J connectivity index is -0.000000400.